The molecule has 2 aliphatic heterocycles. The molecule has 5 heterocycles. The maximum absolute atomic E-state index is 14.6. The van der Waals surface area contributed by atoms with Crippen LogP contribution in [0.2, 0.25) is 15.1 Å². The first-order valence-electron chi connectivity index (χ1n) is 17.1. The summed E-state index contributed by atoms with van der Waals surface area (Å²) < 4.78 is 7.29. The number of pyridine rings is 1. The maximum atomic E-state index is 14.6. The molecule has 13 heteroatoms. The van der Waals surface area contributed by atoms with E-state index >= 15 is 0 Å². The van der Waals surface area contributed by atoms with Crippen LogP contribution in [0, 0.1) is 0 Å². The summed E-state index contributed by atoms with van der Waals surface area (Å²) in [6, 6.07) is 24.6. The topological polar surface area (TPSA) is 108 Å². The number of hydrogen-bond acceptors (Lipinski definition) is 6. The van der Waals surface area contributed by atoms with Gasteiger partial charge >= 0.3 is 6.09 Å². The zero-order chi connectivity index (χ0) is 35.8. The average Bonchev–Trinajstić information content (AvgIpc) is 3.74. The molecule has 0 atom stereocenters. The molecule has 10 nitrogen and oxygen atoms in total. The smallest absolute Gasteiger partial charge is 0.410 e. The van der Waals surface area contributed by atoms with Crippen molar-refractivity contribution in [2.75, 3.05) is 36.5 Å². The molecule has 0 spiro atoms. The van der Waals surface area contributed by atoms with E-state index in [2.05, 4.69) is 15.2 Å². The Morgan fingerprint density at radius 2 is 1.71 bits per heavy atom. The van der Waals surface area contributed by atoms with Gasteiger partial charge in [-0.15, -0.1) is 0 Å². The van der Waals surface area contributed by atoms with Gasteiger partial charge in [0, 0.05) is 69.0 Å². The van der Waals surface area contributed by atoms with E-state index < -0.39 is 0 Å². The molecule has 3 aromatic carbocycles. The van der Waals surface area contributed by atoms with Gasteiger partial charge in [0.2, 0.25) is 0 Å². The standard InChI is InChI=1S/C39H34Cl3N7O3/c40-26-10-9-25(30(42)20-26)22-48-23-44-34(24-6-2-1-3-7-24)36(48)33-29-12-11-27(41)21-32(29)45-35(33)38(50)46-31-8-4-15-43-37(31)47-17-13-28(14-18-47)49-16-5-19-52-39(49)51/h1-4,6-12,15,20-21,23,28,45H,5,13-14,16-19,22H2,(H,46,50). The highest BCUT2D eigenvalue weighted by Gasteiger charge is 2.32. The molecule has 0 radical (unpaired) electrons. The Balaban J connectivity index is 1.17. The third-order valence-corrected chi connectivity index (χ3v) is 10.5. The number of ether oxygens (including phenoxy) is 1. The van der Waals surface area contributed by atoms with Gasteiger partial charge in [-0.3, -0.25) is 4.79 Å². The number of carbonyl (C=O) groups excluding carboxylic acids is 2. The molecule has 2 amide bonds. The summed E-state index contributed by atoms with van der Waals surface area (Å²) in [6.45, 7) is 2.92. The number of halogens is 3. The van der Waals surface area contributed by atoms with Crippen molar-refractivity contribution in [1.82, 2.24) is 24.4 Å². The number of cyclic esters (lactones) is 1. The molecule has 2 aliphatic rings. The number of benzene rings is 3. The number of nitrogens with one attached hydrogen (secondary N) is 2. The van der Waals surface area contributed by atoms with Crippen molar-refractivity contribution in [3.63, 3.8) is 0 Å². The molecule has 0 bridgehead atoms. The number of nitrogens with zero attached hydrogens (tertiary/aromatic N) is 5. The lowest BCUT2D eigenvalue weighted by Gasteiger charge is -2.40. The van der Waals surface area contributed by atoms with Gasteiger partial charge in [-0.05, 0) is 61.2 Å². The van der Waals surface area contributed by atoms with Crippen LogP contribution in [0.4, 0.5) is 16.3 Å². The summed E-state index contributed by atoms with van der Waals surface area (Å²) in [4.78, 5) is 44.0. The molecule has 8 rings (SSSR count). The van der Waals surface area contributed by atoms with Crippen LogP contribution in [-0.4, -0.2) is 68.7 Å². The highest BCUT2D eigenvalue weighted by atomic mass is 35.5. The van der Waals surface area contributed by atoms with Crippen molar-refractivity contribution >= 4 is 69.2 Å². The number of aromatic amines is 1. The normalized spacial score (nSPS) is 15.2. The van der Waals surface area contributed by atoms with Crippen LogP contribution in [0.25, 0.3) is 33.4 Å². The van der Waals surface area contributed by atoms with E-state index in [0.717, 1.165) is 41.5 Å². The summed E-state index contributed by atoms with van der Waals surface area (Å²) in [5.41, 5.74) is 5.48. The van der Waals surface area contributed by atoms with Crippen molar-refractivity contribution < 1.29 is 14.3 Å². The fourth-order valence-corrected chi connectivity index (χ4v) is 7.85. The average molecular weight is 755 g/mol. The molecule has 3 aromatic heterocycles. The number of anilines is 2. The van der Waals surface area contributed by atoms with E-state index in [0.29, 0.717) is 81.8 Å². The summed E-state index contributed by atoms with van der Waals surface area (Å²) in [7, 11) is 0. The minimum Gasteiger partial charge on any atom is -0.449 e. The molecule has 0 aliphatic carbocycles. The number of H-pyrrole nitrogens is 1. The lowest BCUT2D eigenvalue weighted by molar-refractivity contribution is 0.0499. The second-order valence-electron chi connectivity index (χ2n) is 12.9. The monoisotopic (exact) mass is 753 g/mol. The zero-order valence-corrected chi connectivity index (χ0v) is 30.3. The number of rotatable bonds is 8. The van der Waals surface area contributed by atoms with Crippen LogP contribution >= 0.6 is 34.8 Å². The Labute approximate surface area is 315 Å². The van der Waals surface area contributed by atoms with Crippen LogP contribution in [-0.2, 0) is 11.3 Å². The van der Waals surface area contributed by atoms with Crippen LogP contribution < -0.4 is 10.2 Å². The molecule has 6 aromatic rings. The van der Waals surface area contributed by atoms with Crippen LogP contribution in [0.5, 0.6) is 0 Å². The van der Waals surface area contributed by atoms with Crippen LogP contribution in [0.15, 0.2) is 91.4 Å². The molecule has 2 saturated heterocycles. The molecule has 2 fully saturated rings. The predicted molar refractivity (Wildman–Crippen MR) is 206 cm³/mol. The molecule has 52 heavy (non-hydrogen) atoms. The first-order chi connectivity index (χ1) is 25.3. The van der Waals surface area contributed by atoms with Gasteiger partial charge in [0.1, 0.15) is 5.69 Å². The van der Waals surface area contributed by atoms with E-state index in [9.17, 15) is 9.59 Å². The Kier molecular flexibility index (Phi) is 9.53. The number of hydrogen-bond donors (Lipinski definition) is 2. The van der Waals surface area contributed by atoms with Gasteiger partial charge in [-0.1, -0.05) is 77.3 Å². The van der Waals surface area contributed by atoms with E-state index in [-0.39, 0.29) is 18.0 Å². The Morgan fingerprint density at radius 1 is 0.923 bits per heavy atom. The third-order valence-electron chi connectivity index (χ3n) is 9.71. The number of imidazole rings is 1. The summed E-state index contributed by atoms with van der Waals surface area (Å²) >= 11 is 19.4. The van der Waals surface area contributed by atoms with E-state index in [1.54, 1.807) is 30.7 Å². The van der Waals surface area contributed by atoms with Gasteiger partial charge in [-0.25, -0.2) is 14.8 Å². The lowest BCUT2D eigenvalue weighted by Crippen LogP contribution is -2.50. The fourth-order valence-electron chi connectivity index (χ4n) is 7.21. The number of carbonyl (C=O) groups is 2. The number of fused-ring (bicyclic) bond motifs is 1. The highest BCUT2D eigenvalue weighted by molar-refractivity contribution is 6.35. The van der Waals surface area contributed by atoms with Crippen LogP contribution in [0.1, 0.15) is 35.3 Å². The minimum absolute atomic E-state index is 0.109. The summed E-state index contributed by atoms with van der Waals surface area (Å²) in [5, 5.41) is 5.58. The molecule has 264 valence electrons. The van der Waals surface area contributed by atoms with Gasteiger partial charge in [0.25, 0.3) is 5.91 Å². The molecule has 0 unspecified atom stereocenters. The Bertz CT molecular complexity index is 2280. The van der Waals surface area contributed by atoms with Gasteiger partial charge in [0.05, 0.1) is 36.6 Å². The van der Waals surface area contributed by atoms with Crippen molar-refractivity contribution in [2.24, 2.45) is 0 Å². The van der Waals surface area contributed by atoms with E-state index in [1.807, 2.05) is 70.1 Å². The molecular formula is C39H34Cl3N7O3. The van der Waals surface area contributed by atoms with Crippen molar-refractivity contribution in [3.05, 3.63) is 118 Å². The Hall–Kier alpha value is -5.03. The second-order valence-corrected chi connectivity index (χ2v) is 14.2. The number of aromatic nitrogens is 4. The number of piperidine rings is 1. The van der Waals surface area contributed by atoms with Gasteiger partial charge in [0.15, 0.2) is 5.82 Å². The second kappa shape index (κ2) is 14.5. The largest absolute Gasteiger partial charge is 0.449 e. The molecule has 2 N–H and O–H groups in total. The van der Waals surface area contributed by atoms with E-state index in [4.69, 9.17) is 49.5 Å². The Morgan fingerprint density at radius 3 is 2.50 bits per heavy atom. The zero-order valence-electron chi connectivity index (χ0n) is 28.0. The SMILES string of the molecule is O=C(Nc1cccnc1N1CCC(N2CCCOC2=O)CC1)c1[nH]c2cc(Cl)ccc2c1-c1c(-c2ccccc2)ncn1Cc1ccc(Cl)cc1Cl. The first-order valence-corrected chi connectivity index (χ1v) is 18.3. The van der Waals surface area contributed by atoms with Gasteiger partial charge in [-0.2, -0.15) is 0 Å². The first kappa shape index (κ1) is 34.1. The molecule has 0 saturated carbocycles. The number of amides is 2. The third kappa shape index (κ3) is 6.69. The fraction of sp³-hybridized carbons (Fsp3) is 0.231. The maximum Gasteiger partial charge on any atom is 0.410 e. The highest BCUT2D eigenvalue weighted by Crippen LogP contribution is 2.40. The summed E-state index contributed by atoms with van der Waals surface area (Å²) in [6.07, 6.45) is 5.64. The lowest BCUT2D eigenvalue weighted by atomic mass is 10.0. The molecular weight excluding hydrogens is 721 g/mol. The predicted octanol–water partition coefficient (Wildman–Crippen LogP) is 9.17. The van der Waals surface area contributed by atoms with Crippen molar-refractivity contribution in [3.8, 4) is 22.5 Å². The minimum atomic E-state index is -0.348. The van der Waals surface area contributed by atoms with Crippen molar-refractivity contribution in [1.29, 1.82) is 0 Å². The van der Waals surface area contributed by atoms with Crippen molar-refractivity contribution in [2.45, 2.75) is 31.8 Å². The van der Waals surface area contributed by atoms with Gasteiger partial charge < -0.3 is 29.4 Å². The summed E-state index contributed by atoms with van der Waals surface area (Å²) in [5.74, 6) is 0.322. The van der Waals surface area contributed by atoms with E-state index in [1.165, 1.54) is 0 Å². The van der Waals surface area contributed by atoms with Crippen LogP contribution in [0.3, 0.4) is 0 Å². The quantitative estimate of drug-likeness (QED) is 0.161.